The molecule has 0 spiro atoms. The zero-order valence-corrected chi connectivity index (χ0v) is 26.8. The molecular weight excluding hydrogens is 633 g/mol. The molecule has 1 aliphatic heterocycles. The van der Waals surface area contributed by atoms with Crippen LogP contribution in [0.15, 0.2) is 64.4 Å². The highest BCUT2D eigenvalue weighted by molar-refractivity contribution is 6.39. The first-order chi connectivity index (χ1) is 22.2. The largest absolute Gasteiger partial charge is 0.481 e. The Bertz CT molecular complexity index is 2070. The summed E-state index contributed by atoms with van der Waals surface area (Å²) in [6.07, 6.45) is 1.42. The second-order valence-corrected chi connectivity index (χ2v) is 11.6. The quantitative estimate of drug-likeness (QED) is 0.222. The number of benzene rings is 2. The van der Waals surface area contributed by atoms with Gasteiger partial charge in [-0.05, 0) is 18.6 Å². The van der Waals surface area contributed by atoms with Gasteiger partial charge in [-0.25, -0.2) is 19.7 Å². The number of anilines is 2. The number of hydrogen-bond acceptors (Lipinski definition) is 10. The van der Waals surface area contributed by atoms with Gasteiger partial charge in [-0.1, -0.05) is 59.6 Å². The molecule has 0 radical (unpaired) electrons. The van der Waals surface area contributed by atoms with E-state index in [9.17, 15) is 14.7 Å². The highest BCUT2D eigenvalue weighted by atomic mass is 35.5. The Morgan fingerprint density at radius 3 is 2.50 bits per heavy atom. The number of nitrogens with one attached hydrogen (secondary N) is 2. The minimum atomic E-state index is -0.572. The Kier molecular flexibility index (Phi) is 9.07. The van der Waals surface area contributed by atoms with Crippen molar-refractivity contribution in [3.05, 3.63) is 91.3 Å². The third-order valence-electron chi connectivity index (χ3n) is 8.07. The van der Waals surface area contributed by atoms with Gasteiger partial charge < -0.3 is 25.2 Å². The average molecular weight is 665 g/mol. The molecule has 46 heavy (non-hydrogen) atoms. The number of hydrogen-bond donors (Lipinski definition) is 3. The molecule has 0 bridgehead atoms. The van der Waals surface area contributed by atoms with E-state index in [1.54, 1.807) is 13.2 Å². The van der Waals surface area contributed by atoms with E-state index in [1.165, 1.54) is 25.0 Å². The first-order valence-corrected chi connectivity index (χ1v) is 15.2. The summed E-state index contributed by atoms with van der Waals surface area (Å²) in [4.78, 5) is 38.6. The highest BCUT2D eigenvalue weighted by Crippen LogP contribution is 2.42. The molecule has 238 valence electrons. The fourth-order valence-corrected chi connectivity index (χ4v) is 6.13. The van der Waals surface area contributed by atoms with Crippen molar-refractivity contribution in [1.82, 2.24) is 29.4 Å². The van der Waals surface area contributed by atoms with Crippen molar-refractivity contribution in [3.8, 4) is 28.3 Å². The molecule has 0 unspecified atom stereocenters. The number of ether oxygens (including phenoxy) is 2. The van der Waals surface area contributed by atoms with Gasteiger partial charge >= 0.3 is 5.69 Å². The fraction of sp³-hybridized carbons (Fsp3) is 0.281. The van der Waals surface area contributed by atoms with Crippen molar-refractivity contribution < 1.29 is 14.6 Å². The third-order valence-corrected chi connectivity index (χ3v) is 8.88. The number of aryl methyl sites for hydroxylation is 1. The van der Waals surface area contributed by atoms with Gasteiger partial charge in [0.1, 0.15) is 17.5 Å². The normalized spacial score (nSPS) is 16.5. The van der Waals surface area contributed by atoms with Crippen LogP contribution in [0, 0.1) is 0 Å². The van der Waals surface area contributed by atoms with Crippen molar-refractivity contribution in [2.45, 2.75) is 25.1 Å². The summed E-state index contributed by atoms with van der Waals surface area (Å²) in [6.45, 7) is 1.37. The third kappa shape index (κ3) is 5.85. The van der Waals surface area contributed by atoms with Crippen molar-refractivity contribution in [1.29, 1.82) is 0 Å². The van der Waals surface area contributed by atoms with Gasteiger partial charge in [0.05, 0.1) is 41.2 Å². The van der Waals surface area contributed by atoms with E-state index in [0.29, 0.717) is 70.2 Å². The second kappa shape index (κ2) is 13.2. The van der Waals surface area contributed by atoms with Crippen LogP contribution in [0.4, 0.5) is 11.5 Å². The molecule has 3 aromatic heterocycles. The van der Waals surface area contributed by atoms with Crippen LogP contribution < -0.4 is 26.6 Å². The summed E-state index contributed by atoms with van der Waals surface area (Å²) in [6, 6.07) is 14.7. The maximum atomic E-state index is 13.0. The number of halogens is 2. The number of pyridine rings is 1. The van der Waals surface area contributed by atoms with E-state index in [4.69, 9.17) is 37.7 Å². The van der Waals surface area contributed by atoms with Crippen LogP contribution in [-0.2, 0) is 25.4 Å². The molecule has 5 aromatic rings. The molecule has 1 saturated heterocycles. The van der Waals surface area contributed by atoms with E-state index in [-0.39, 0.29) is 22.9 Å². The molecule has 6 rings (SSSR count). The van der Waals surface area contributed by atoms with E-state index in [2.05, 4.69) is 20.6 Å². The molecule has 3 N–H and O–H groups in total. The monoisotopic (exact) mass is 663 g/mol. The lowest BCUT2D eigenvalue weighted by molar-refractivity contribution is -0.0281. The Labute approximate surface area is 273 Å². The van der Waals surface area contributed by atoms with Crippen LogP contribution in [0.3, 0.4) is 0 Å². The topological polar surface area (TPSA) is 145 Å². The van der Waals surface area contributed by atoms with Gasteiger partial charge in [-0.3, -0.25) is 13.9 Å². The maximum Gasteiger partial charge on any atom is 0.332 e. The van der Waals surface area contributed by atoms with Crippen LogP contribution in [0.5, 0.6) is 5.88 Å². The van der Waals surface area contributed by atoms with Crippen molar-refractivity contribution in [3.63, 3.8) is 0 Å². The van der Waals surface area contributed by atoms with E-state index >= 15 is 0 Å². The Hall–Kier alpha value is -4.33. The first kappa shape index (κ1) is 31.6. The van der Waals surface area contributed by atoms with Crippen LogP contribution in [0.2, 0.25) is 10.0 Å². The van der Waals surface area contributed by atoms with Gasteiger partial charge in [-0.2, -0.15) is 0 Å². The Morgan fingerprint density at radius 1 is 1.00 bits per heavy atom. The predicted molar refractivity (Wildman–Crippen MR) is 177 cm³/mol. The van der Waals surface area contributed by atoms with Crippen molar-refractivity contribution in [2.24, 2.45) is 14.1 Å². The lowest BCUT2D eigenvalue weighted by Crippen LogP contribution is -2.46. The highest BCUT2D eigenvalue weighted by Gasteiger charge is 2.24. The van der Waals surface area contributed by atoms with E-state index in [1.807, 2.05) is 42.5 Å². The van der Waals surface area contributed by atoms with Gasteiger partial charge in [0.2, 0.25) is 5.88 Å². The van der Waals surface area contributed by atoms with E-state index < -0.39 is 17.4 Å². The number of rotatable bonds is 8. The number of methoxy groups -OCH3 is 1. The van der Waals surface area contributed by atoms with Gasteiger partial charge in [0, 0.05) is 55.5 Å². The SMILES string of the molecule is COc1nc(-c2cccc(-c3cccc(Nc4ncnc5c4c(=O)n(C)c(=O)n5C)c3Cl)c2Cl)ccc1CN[C@@H]1CCOC[C@@H]1O. The summed E-state index contributed by atoms with van der Waals surface area (Å²) in [7, 11) is 4.50. The number of aliphatic hydroxyl groups excluding tert-OH is 1. The number of aromatic nitrogens is 5. The zero-order chi connectivity index (χ0) is 32.5. The lowest BCUT2D eigenvalue weighted by atomic mass is 10.00. The first-order valence-electron chi connectivity index (χ1n) is 14.5. The second-order valence-electron chi connectivity index (χ2n) is 10.9. The molecule has 0 saturated carbocycles. The minimum Gasteiger partial charge on any atom is -0.481 e. The van der Waals surface area contributed by atoms with Crippen molar-refractivity contribution in [2.75, 3.05) is 25.6 Å². The molecule has 1 fully saturated rings. The summed E-state index contributed by atoms with van der Waals surface area (Å²) < 4.78 is 13.2. The fourth-order valence-electron chi connectivity index (χ4n) is 5.53. The number of nitrogens with zero attached hydrogens (tertiary/aromatic N) is 5. The molecule has 2 atom stereocenters. The number of fused-ring (bicyclic) bond motifs is 1. The molecular formula is C32H31Cl2N7O5. The molecule has 0 aliphatic carbocycles. The maximum absolute atomic E-state index is 13.0. The zero-order valence-electron chi connectivity index (χ0n) is 25.3. The van der Waals surface area contributed by atoms with Crippen LogP contribution in [0.25, 0.3) is 33.4 Å². The van der Waals surface area contributed by atoms with Crippen molar-refractivity contribution >= 4 is 45.7 Å². The standard InChI is InChI=1S/C32H31Cl2N7O5/c1-40-29-25(31(43)41(2)32(40)44)28(36-16-37-29)38-23-9-5-7-19(27(23)34)18-6-4-8-20(26(18)33)21-11-10-17(30(39-21)45-3)14-35-22-12-13-46-15-24(22)42/h4-11,16,22,24,35,42H,12-15H2,1-3H3,(H,36,37,38)/t22-,24+/m1/s1. The summed E-state index contributed by atoms with van der Waals surface area (Å²) in [5, 5.41) is 17.7. The summed E-state index contributed by atoms with van der Waals surface area (Å²) in [5.41, 5.74) is 3.07. The van der Waals surface area contributed by atoms with Crippen LogP contribution >= 0.6 is 23.2 Å². The molecule has 4 heterocycles. The van der Waals surface area contributed by atoms with E-state index in [0.717, 1.165) is 10.1 Å². The summed E-state index contributed by atoms with van der Waals surface area (Å²) >= 11 is 14.0. The Balaban J connectivity index is 1.32. The average Bonchev–Trinajstić information content (AvgIpc) is 3.07. The Morgan fingerprint density at radius 2 is 1.74 bits per heavy atom. The van der Waals surface area contributed by atoms with Crippen LogP contribution in [0.1, 0.15) is 12.0 Å². The summed E-state index contributed by atoms with van der Waals surface area (Å²) in [5.74, 6) is 0.648. The molecule has 2 aromatic carbocycles. The van der Waals surface area contributed by atoms with Gasteiger partial charge in [0.25, 0.3) is 5.56 Å². The molecule has 1 aliphatic rings. The minimum absolute atomic E-state index is 0.0774. The predicted octanol–water partition coefficient (Wildman–Crippen LogP) is 4.05. The smallest absolute Gasteiger partial charge is 0.332 e. The molecule has 12 nitrogen and oxygen atoms in total. The van der Waals surface area contributed by atoms with Crippen LogP contribution in [-0.4, -0.2) is 61.7 Å². The van der Waals surface area contributed by atoms with Gasteiger partial charge in [0.15, 0.2) is 5.65 Å². The molecule has 14 heteroatoms. The molecule has 0 amide bonds. The number of aliphatic hydroxyl groups is 1. The lowest BCUT2D eigenvalue weighted by Gasteiger charge is -2.28. The van der Waals surface area contributed by atoms with Gasteiger partial charge in [-0.15, -0.1) is 0 Å².